The highest BCUT2D eigenvalue weighted by Gasteiger charge is 2.32. The number of nitrogens with zero attached hydrogens (tertiary/aromatic N) is 1. The molecule has 0 saturated carbocycles. The van der Waals surface area contributed by atoms with Gasteiger partial charge in [0.05, 0.1) is 18.4 Å². The van der Waals surface area contributed by atoms with Crippen LogP contribution in [0.15, 0.2) is 0 Å². The number of hydroxylamine groups is 2. The molecule has 1 aliphatic heterocycles. The van der Waals surface area contributed by atoms with Gasteiger partial charge in [0.1, 0.15) is 0 Å². The second-order valence-electron chi connectivity index (χ2n) is 3.87. The first-order valence-corrected chi connectivity index (χ1v) is 3.94. The summed E-state index contributed by atoms with van der Waals surface area (Å²) in [6.07, 6.45) is 0.484. The maximum Gasteiger partial charge on any atom is 0.337 e. The number of carbonyl (C=O) groups excluding carboxylic acids is 2. The Morgan fingerprint density at radius 1 is 1.50 bits per heavy atom. The fourth-order valence-electron chi connectivity index (χ4n) is 0.628. The Morgan fingerprint density at radius 3 is 2.33 bits per heavy atom. The van der Waals surface area contributed by atoms with Gasteiger partial charge in [0.25, 0.3) is 5.91 Å². The molecule has 1 heterocycles. The van der Waals surface area contributed by atoms with Crippen LogP contribution in [0.5, 0.6) is 0 Å². The third-order valence-electron chi connectivity index (χ3n) is 1.61. The van der Waals surface area contributed by atoms with E-state index in [-0.39, 0.29) is 11.9 Å². The Kier molecular flexibility index (Phi) is 2.08. The van der Waals surface area contributed by atoms with E-state index in [1.165, 1.54) is 0 Å². The summed E-state index contributed by atoms with van der Waals surface area (Å²) in [5.41, 5.74) is -0.546. The van der Waals surface area contributed by atoms with Crippen LogP contribution in [0, 0.1) is 5.41 Å². The van der Waals surface area contributed by atoms with Crippen LogP contribution in [0.3, 0.4) is 0 Å². The van der Waals surface area contributed by atoms with Crippen molar-refractivity contribution in [1.82, 2.24) is 5.06 Å². The average molecular weight is 171 g/mol. The molecule has 0 unspecified atom stereocenters. The van der Waals surface area contributed by atoms with E-state index >= 15 is 0 Å². The molecule has 0 aliphatic carbocycles. The molecule has 0 aromatic carbocycles. The lowest BCUT2D eigenvalue weighted by Gasteiger charge is -2.30. The van der Waals surface area contributed by atoms with Gasteiger partial charge >= 0.3 is 5.97 Å². The van der Waals surface area contributed by atoms with Crippen molar-refractivity contribution < 1.29 is 14.4 Å². The highest BCUT2D eigenvalue weighted by molar-refractivity contribution is 5.83. The van der Waals surface area contributed by atoms with Gasteiger partial charge in [-0.3, -0.25) is 4.79 Å². The van der Waals surface area contributed by atoms with Crippen molar-refractivity contribution >= 4 is 11.9 Å². The lowest BCUT2D eigenvalue weighted by molar-refractivity contribution is -0.218. The van der Waals surface area contributed by atoms with Crippen molar-refractivity contribution in [2.45, 2.75) is 27.2 Å². The van der Waals surface area contributed by atoms with Crippen molar-refractivity contribution in [3.05, 3.63) is 0 Å². The summed E-state index contributed by atoms with van der Waals surface area (Å²) in [7, 11) is 0. The first-order chi connectivity index (χ1) is 5.41. The quantitative estimate of drug-likeness (QED) is 0.546. The zero-order valence-corrected chi connectivity index (χ0v) is 7.59. The van der Waals surface area contributed by atoms with Crippen molar-refractivity contribution in [2.24, 2.45) is 5.41 Å². The minimum atomic E-state index is -0.546. The van der Waals surface area contributed by atoms with Crippen LogP contribution in [0.1, 0.15) is 27.2 Å². The predicted molar refractivity (Wildman–Crippen MR) is 41.9 cm³/mol. The molecule has 68 valence electrons. The molecule has 0 bridgehead atoms. The molecule has 0 atom stereocenters. The highest BCUT2D eigenvalue weighted by atomic mass is 16.7. The summed E-state index contributed by atoms with van der Waals surface area (Å²) in [4.78, 5) is 26.7. The lowest BCUT2D eigenvalue weighted by atomic mass is 9.98. The van der Waals surface area contributed by atoms with Crippen LogP contribution in [0.4, 0.5) is 0 Å². The molecule has 1 fully saturated rings. The summed E-state index contributed by atoms with van der Waals surface area (Å²) >= 11 is 0. The summed E-state index contributed by atoms with van der Waals surface area (Å²) in [6.45, 7) is 5.78. The molecule has 0 N–H and O–H groups in total. The molecule has 0 spiro atoms. The minimum Gasteiger partial charge on any atom is -0.338 e. The molecule has 1 amide bonds. The standard InChI is InChI=1S/C8H13NO3/c1-8(2,3)7(11)12-9-5-4-6(9)10/h4-5H2,1-3H3. The maximum absolute atomic E-state index is 11.2. The molecule has 1 saturated heterocycles. The molecule has 12 heavy (non-hydrogen) atoms. The zero-order valence-electron chi connectivity index (χ0n) is 7.59. The van der Waals surface area contributed by atoms with Crippen molar-refractivity contribution in [3.8, 4) is 0 Å². The van der Waals surface area contributed by atoms with Crippen LogP contribution in [-0.2, 0) is 14.4 Å². The fourth-order valence-corrected chi connectivity index (χ4v) is 0.628. The normalized spacial score (nSPS) is 17.2. The van der Waals surface area contributed by atoms with Gasteiger partial charge in [0, 0.05) is 0 Å². The van der Waals surface area contributed by atoms with E-state index in [1.807, 2.05) is 0 Å². The molecule has 4 nitrogen and oxygen atoms in total. The second kappa shape index (κ2) is 2.77. The Morgan fingerprint density at radius 2 is 2.08 bits per heavy atom. The highest BCUT2D eigenvalue weighted by Crippen LogP contribution is 2.18. The van der Waals surface area contributed by atoms with Crippen LogP contribution >= 0.6 is 0 Å². The largest absolute Gasteiger partial charge is 0.338 e. The van der Waals surface area contributed by atoms with Crippen LogP contribution in [0.2, 0.25) is 0 Å². The Labute approximate surface area is 71.4 Å². The molecule has 0 aromatic rings. The maximum atomic E-state index is 11.2. The first kappa shape index (κ1) is 9.03. The molecular formula is C8H13NO3. The van der Waals surface area contributed by atoms with Gasteiger partial charge in [-0.1, -0.05) is 0 Å². The van der Waals surface area contributed by atoms with Gasteiger partial charge in [0.15, 0.2) is 0 Å². The third kappa shape index (κ3) is 1.75. The summed E-state index contributed by atoms with van der Waals surface area (Å²) in [5, 5.41) is 1.10. The molecule has 0 aromatic heterocycles. The Balaban J connectivity index is 2.42. The lowest BCUT2D eigenvalue weighted by Crippen LogP contribution is -2.46. The zero-order chi connectivity index (χ0) is 9.35. The monoisotopic (exact) mass is 171 g/mol. The average Bonchev–Trinajstić information content (AvgIpc) is 1.95. The first-order valence-electron chi connectivity index (χ1n) is 3.94. The second-order valence-corrected chi connectivity index (χ2v) is 3.87. The predicted octanol–water partition coefficient (Wildman–Crippen LogP) is 0.723. The number of β-lactam (4-membered cyclic amide) rings is 1. The minimum absolute atomic E-state index is 0.118. The van der Waals surface area contributed by atoms with E-state index in [2.05, 4.69) is 0 Å². The van der Waals surface area contributed by atoms with Gasteiger partial charge in [-0.05, 0) is 20.8 Å². The number of hydrogen-bond donors (Lipinski definition) is 0. The van der Waals surface area contributed by atoms with Gasteiger partial charge < -0.3 is 4.84 Å². The Bertz CT molecular complexity index is 217. The molecule has 1 rings (SSSR count). The SMILES string of the molecule is CC(C)(C)C(=O)ON1CCC1=O. The van der Waals surface area contributed by atoms with Crippen molar-refractivity contribution in [1.29, 1.82) is 0 Å². The van der Waals surface area contributed by atoms with Crippen molar-refractivity contribution in [3.63, 3.8) is 0 Å². The molecular weight excluding hydrogens is 158 g/mol. The van der Waals surface area contributed by atoms with E-state index in [0.29, 0.717) is 13.0 Å². The van der Waals surface area contributed by atoms with E-state index in [1.54, 1.807) is 20.8 Å². The van der Waals surface area contributed by atoms with Crippen LogP contribution < -0.4 is 0 Å². The summed E-state index contributed by atoms with van der Waals surface area (Å²) in [6, 6.07) is 0. The molecule has 0 radical (unpaired) electrons. The molecule has 1 aliphatic rings. The number of rotatable bonds is 1. The smallest absolute Gasteiger partial charge is 0.337 e. The summed E-state index contributed by atoms with van der Waals surface area (Å²) < 4.78 is 0. The topological polar surface area (TPSA) is 46.6 Å². The van der Waals surface area contributed by atoms with Gasteiger partial charge in [-0.2, -0.15) is 5.06 Å². The summed E-state index contributed by atoms with van der Waals surface area (Å²) in [5.74, 6) is -0.483. The number of amides is 1. The van der Waals surface area contributed by atoms with Gasteiger partial charge in [0.2, 0.25) is 0 Å². The van der Waals surface area contributed by atoms with Gasteiger partial charge in [-0.15, -0.1) is 0 Å². The van der Waals surface area contributed by atoms with Crippen molar-refractivity contribution in [2.75, 3.05) is 6.54 Å². The number of hydrogen-bond acceptors (Lipinski definition) is 3. The van der Waals surface area contributed by atoms with Gasteiger partial charge in [-0.25, -0.2) is 4.79 Å². The van der Waals surface area contributed by atoms with E-state index in [4.69, 9.17) is 4.84 Å². The Hall–Kier alpha value is -1.06. The van der Waals surface area contributed by atoms with E-state index in [0.717, 1.165) is 5.06 Å². The number of carbonyl (C=O) groups is 2. The van der Waals surface area contributed by atoms with E-state index in [9.17, 15) is 9.59 Å². The van der Waals surface area contributed by atoms with Crippen LogP contribution in [-0.4, -0.2) is 23.5 Å². The fraction of sp³-hybridized carbons (Fsp3) is 0.750. The van der Waals surface area contributed by atoms with E-state index < -0.39 is 5.41 Å². The molecule has 4 heteroatoms. The van der Waals surface area contributed by atoms with Crippen LogP contribution in [0.25, 0.3) is 0 Å². The third-order valence-corrected chi connectivity index (χ3v) is 1.61.